The number of halogens is 1. The van der Waals surface area contributed by atoms with E-state index in [1.165, 1.54) is 11.6 Å². The van der Waals surface area contributed by atoms with Crippen molar-refractivity contribution in [3.05, 3.63) is 70.2 Å². The van der Waals surface area contributed by atoms with Crippen molar-refractivity contribution in [2.75, 3.05) is 31.1 Å². The lowest BCUT2D eigenvalue weighted by molar-refractivity contribution is -0.119. The summed E-state index contributed by atoms with van der Waals surface area (Å²) in [4.78, 5) is 25.4. The molecule has 4 N–H and O–H groups in total. The van der Waals surface area contributed by atoms with Gasteiger partial charge in [-0.05, 0) is 61.6 Å². The number of ether oxygens (including phenoxy) is 1. The number of primary amides is 1. The summed E-state index contributed by atoms with van der Waals surface area (Å²) in [5.41, 5.74) is 16.2. The second-order valence-electron chi connectivity index (χ2n) is 10.7. The molecule has 3 aromatic rings. The Morgan fingerprint density at radius 2 is 1.92 bits per heavy atom. The first-order chi connectivity index (χ1) is 18.6. The molecule has 1 fully saturated rings. The minimum atomic E-state index is -0.401. The summed E-state index contributed by atoms with van der Waals surface area (Å²) < 4.78 is 21.3. The van der Waals surface area contributed by atoms with Gasteiger partial charge in [-0.3, -0.25) is 9.69 Å². The molecule has 0 unspecified atom stereocenters. The summed E-state index contributed by atoms with van der Waals surface area (Å²) in [5.74, 6) is 1.46. The number of piperazine rings is 1. The van der Waals surface area contributed by atoms with E-state index in [-0.39, 0.29) is 25.1 Å². The number of aryl methyl sites for hydroxylation is 2. The SMILES string of the molecule is Cc1ccc(C(C)C)cc1OCc1c(C)nc(-c2cc(CN)ccc2F)nc1N1CCN(CC(N)=O)[C@H](C)C1. The molecule has 2 heterocycles. The zero-order valence-electron chi connectivity index (χ0n) is 23.5. The van der Waals surface area contributed by atoms with Crippen LogP contribution in [0, 0.1) is 19.7 Å². The van der Waals surface area contributed by atoms with Gasteiger partial charge in [0.05, 0.1) is 23.4 Å². The first-order valence-electron chi connectivity index (χ1n) is 13.4. The summed E-state index contributed by atoms with van der Waals surface area (Å²) in [5, 5.41) is 0. The van der Waals surface area contributed by atoms with Gasteiger partial charge in [-0.15, -0.1) is 0 Å². The summed E-state index contributed by atoms with van der Waals surface area (Å²) in [6, 6.07) is 11.1. The molecule has 0 saturated carbocycles. The smallest absolute Gasteiger partial charge is 0.231 e. The van der Waals surface area contributed by atoms with Crippen molar-refractivity contribution < 1.29 is 13.9 Å². The molecule has 9 heteroatoms. The van der Waals surface area contributed by atoms with Gasteiger partial charge in [0.1, 0.15) is 24.0 Å². The number of nitrogens with zero attached hydrogens (tertiary/aromatic N) is 4. The van der Waals surface area contributed by atoms with E-state index in [4.69, 9.17) is 26.2 Å². The molecule has 0 bridgehead atoms. The molecule has 0 spiro atoms. The van der Waals surface area contributed by atoms with Crippen LogP contribution in [0.2, 0.25) is 0 Å². The topological polar surface area (TPSA) is 111 Å². The van der Waals surface area contributed by atoms with Crippen molar-refractivity contribution in [2.45, 2.75) is 59.7 Å². The van der Waals surface area contributed by atoms with Gasteiger partial charge >= 0.3 is 0 Å². The Kier molecular flexibility index (Phi) is 8.82. The fraction of sp³-hybridized carbons (Fsp3) is 0.433. The quantitative estimate of drug-likeness (QED) is 0.426. The Morgan fingerprint density at radius 1 is 1.15 bits per heavy atom. The number of nitrogens with two attached hydrogens (primary N) is 2. The average molecular weight is 535 g/mol. The molecule has 0 radical (unpaired) electrons. The molecule has 1 saturated heterocycles. The molecule has 1 aliphatic heterocycles. The molecule has 1 amide bonds. The predicted octanol–water partition coefficient (Wildman–Crippen LogP) is 4.06. The molecular formula is C30H39FN6O2. The molecule has 1 atom stereocenters. The van der Waals surface area contributed by atoms with Gasteiger partial charge in [0.2, 0.25) is 5.91 Å². The standard InChI is InChI=1S/C30H39FN6O2/c1-18(2)23-8-6-19(3)27(13-23)39-17-25-21(5)34-29(24-12-22(14-32)7-9-26(24)31)35-30(25)37-11-10-36(16-28(33)38)20(4)15-37/h6-9,12-13,18,20H,10-11,14-17,32H2,1-5H3,(H2,33,38)/t20-/m1/s1. The lowest BCUT2D eigenvalue weighted by Crippen LogP contribution is -2.54. The fourth-order valence-electron chi connectivity index (χ4n) is 4.91. The van der Waals surface area contributed by atoms with Gasteiger partial charge in [-0.25, -0.2) is 14.4 Å². The molecule has 1 aliphatic rings. The number of hydrogen-bond acceptors (Lipinski definition) is 7. The Hall–Kier alpha value is -3.56. The van der Waals surface area contributed by atoms with Gasteiger partial charge in [0.25, 0.3) is 0 Å². The maximum atomic E-state index is 14.9. The summed E-state index contributed by atoms with van der Waals surface area (Å²) in [6.07, 6.45) is 0. The van der Waals surface area contributed by atoms with Crippen LogP contribution in [0.4, 0.5) is 10.2 Å². The highest BCUT2D eigenvalue weighted by molar-refractivity contribution is 5.76. The van der Waals surface area contributed by atoms with Crippen LogP contribution in [-0.2, 0) is 17.9 Å². The summed E-state index contributed by atoms with van der Waals surface area (Å²) in [7, 11) is 0. The maximum Gasteiger partial charge on any atom is 0.231 e. The monoisotopic (exact) mass is 534 g/mol. The average Bonchev–Trinajstić information content (AvgIpc) is 2.89. The second kappa shape index (κ2) is 12.1. The van der Waals surface area contributed by atoms with Crippen LogP contribution in [0.15, 0.2) is 36.4 Å². The largest absolute Gasteiger partial charge is 0.488 e. The number of rotatable bonds is 9. The summed E-state index contributed by atoms with van der Waals surface area (Å²) >= 11 is 0. The third kappa shape index (κ3) is 6.54. The van der Waals surface area contributed by atoms with Gasteiger partial charge in [0.15, 0.2) is 5.82 Å². The van der Waals surface area contributed by atoms with Crippen molar-refractivity contribution in [1.29, 1.82) is 0 Å². The van der Waals surface area contributed by atoms with Crippen LogP contribution in [0.25, 0.3) is 11.4 Å². The normalized spacial score (nSPS) is 16.1. The molecule has 2 aromatic carbocycles. The highest BCUT2D eigenvalue weighted by atomic mass is 19.1. The van der Waals surface area contributed by atoms with E-state index in [1.807, 2.05) is 13.8 Å². The van der Waals surface area contributed by atoms with Crippen molar-refractivity contribution in [1.82, 2.24) is 14.9 Å². The first-order valence-corrected chi connectivity index (χ1v) is 13.4. The highest BCUT2D eigenvalue weighted by Gasteiger charge is 2.28. The van der Waals surface area contributed by atoms with Crippen LogP contribution in [-0.4, -0.2) is 53.0 Å². The molecule has 8 nitrogen and oxygen atoms in total. The van der Waals surface area contributed by atoms with Crippen LogP contribution in [0.3, 0.4) is 0 Å². The zero-order chi connectivity index (χ0) is 28.3. The third-order valence-corrected chi connectivity index (χ3v) is 7.37. The number of amides is 1. The third-order valence-electron chi connectivity index (χ3n) is 7.37. The number of anilines is 1. The Morgan fingerprint density at radius 3 is 2.59 bits per heavy atom. The molecular weight excluding hydrogens is 495 g/mol. The van der Waals surface area contributed by atoms with Gasteiger partial charge < -0.3 is 21.1 Å². The lowest BCUT2D eigenvalue weighted by atomic mass is 10.0. The highest BCUT2D eigenvalue weighted by Crippen LogP contribution is 2.31. The minimum Gasteiger partial charge on any atom is -0.488 e. The summed E-state index contributed by atoms with van der Waals surface area (Å²) in [6.45, 7) is 13.0. The lowest BCUT2D eigenvalue weighted by Gasteiger charge is -2.40. The number of carbonyl (C=O) groups excluding carboxylic acids is 1. The van der Waals surface area contributed by atoms with Crippen LogP contribution in [0.5, 0.6) is 5.75 Å². The van der Waals surface area contributed by atoms with E-state index >= 15 is 0 Å². The zero-order valence-corrected chi connectivity index (χ0v) is 23.5. The van der Waals surface area contributed by atoms with Crippen molar-refractivity contribution in [3.8, 4) is 17.1 Å². The first kappa shape index (κ1) is 28.4. The molecule has 1 aromatic heterocycles. The number of hydrogen-bond donors (Lipinski definition) is 2. The molecule has 4 rings (SSSR count). The van der Waals surface area contributed by atoms with Gasteiger partial charge in [-0.2, -0.15) is 0 Å². The van der Waals surface area contributed by atoms with Crippen molar-refractivity contribution >= 4 is 11.7 Å². The molecule has 39 heavy (non-hydrogen) atoms. The van der Waals surface area contributed by atoms with E-state index in [9.17, 15) is 9.18 Å². The van der Waals surface area contributed by atoms with Gasteiger partial charge in [0, 0.05) is 32.2 Å². The molecule has 208 valence electrons. The van der Waals surface area contributed by atoms with Crippen molar-refractivity contribution in [3.63, 3.8) is 0 Å². The van der Waals surface area contributed by atoms with E-state index < -0.39 is 5.82 Å². The minimum absolute atomic E-state index is 0.0704. The molecule has 0 aliphatic carbocycles. The van der Waals surface area contributed by atoms with E-state index in [0.717, 1.165) is 28.1 Å². The van der Waals surface area contributed by atoms with E-state index in [2.05, 4.69) is 48.8 Å². The number of carbonyl (C=O) groups is 1. The predicted molar refractivity (Wildman–Crippen MR) is 152 cm³/mol. The Balaban J connectivity index is 1.73. The Labute approximate surface area is 230 Å². The van der Waals surface area contributed by atoms with Crippen LogP contribution < -0.4 is 21.1 Å². The second-order valence-corrected chi connectivity index (χ2v) is 10.7. The number of benzene rings is 2. The van der Waals surface area contributed by atoms with Crippen LogP contribution >= 0.6 is 0 Å². The maximum absolute atomic E-state index is 14.9. The van der Waals surface area contributed by atoms with Crippen molar-refractivity contribution in [2.24, 2.45) is 11.5 Å². The number of aromatic nitrogens is 2. The van der Waals surface area contributed by atoms with Crippen LogP contribution in [0.1, 0.15) is 54.6 Å². The van der Waals surface area contributed by atoms with E-state index in [1.54, 1.807) is 12.1 Å². The van der Waals surface area contributed by atoms with E-state index in [0.29, 0.717) is 49.3 Å². The van der Waals surface area contributed by atoms with Gasteiger partial charge in [-0.1, -0.05) is 32.0 Å². The fourth-order valence-corrected chi connectivity index (χ4v) is 4.91. The Bertz CT molecular complexity index is 1350.